The number of aliphatic carboxylic acids is 1. The van der Waals surface area contributed by atoms with Crippen molar-refractivity contribution in [1.82, 2.24) is 0 Å². The number of nitrogens with two attached hydrogens (primary N) is 1. The minimum Gasteiger partial charge on any atom is -0.480 e. The van der Waals surface area contributed by atoms with Gasteiger partial charge < -0.3 is 10.8 Å². The SMILES string of the molecule is Cl.NC(CC1=Cc2ccccc2CC1)C(=O)O. The van der Waals surface area contributed by atoms with Crippen LogP contribution in [0.3, 0.4) is 0 Å². The van der Waals surface area contributed by atoms with Gasteiger partial charge in [0, 0.05) is 0 Å². The first kappa shape index (κ1) is 13.7. The number of hydrogen-bond acceptors (Lipinski definition) is 2. The fourth-order valence-corrected chi connectivity index (χ4v) is 2.02. The van der Waals surface area contributed by atoms with Gasteiger partial charge in [-0.15, -0.1) is 12.4 Å². The van der Waals surface area contributed by atoms with Crippen LogP contribution in [0.4, 0.5) is 0 Å². The molecule has 1 aromatic rings. The highest BCUT2D eigenvalue weighted by molar-refractivity contribution is 5.85. The molecule has 1 aliphatic rings. The van der Waals surface area contributed by atoms with E-state index >= 15 is 0 Å². The van der Waals surface area contributed by atoms with Crippen LogP contribution in [0.15, 0.2) is 29.8 Å². The molecular weight excluding hydrogens is 238 g/mol. The molecule has 0 spiro atoms. The molecule has 1 aliphatic carbocycles. The minimum atomic E-state index is -0.931. The molecule has 4 heteroatoms. The number of rotatable bonds is 3. The second-order valence-electron chi connectivity index (χ2n) is 4.15. The van der Waals surface area contributed by atoms with Crippen LogP contribution in [-0.4, -0.2) is 17.1 Å². The van der Waals surface area contributed by atoms with E-state index in [1.807, 2.05) is 12.1 Å². The number of aryl methyl sites for hydroxylation is 1. The van der Waals surface area contributed by atoms with Crippen LogP contribution < -0.4 is 5.73 Å². The van der Waals surface area contributed by atoms with Gasteiger partial charge in [0.1, 0.15) is 6.04 Å². The van der Waals surface area contributed by atoms with Gasteiger partial charge in [-0.2, -0.15) is 0 Å². The van der Waals surface area contributed by atoms with Gasteiger partial charge in [0.2, 0.25) is 0 Å². The first-order valence-electron chi connectivity index (χ1n) is 5.42. The van der Waals surface area contributed by atoms with Gasteiger partial charge in [-0.25, -0.2) is 0 Å². The first-order valence-corrected chi connectivity index (χ1v) is 5.42. The number of carbonyl (C=O) groups is 1. The Morgan fingerprint density at radius 1 is 1.35 bits per heavy atom. The lowest BCUT2D eigenvalue weighted by Crippen LogP contribution is -2.30. The second-order valence-corrected chi connectivity index (χ2v) is 4.15. The van der Waals surface area contributed by atoms with E-state index in [1.165, 1.54) is 11.1 Å². The molecule has 0 aromatic heterocycles. The van der Waals surface area contributed by atoms with E-state index in [4.69, 9.17) is 10.8 Å². The van der Waals surface area contributed by atoms with E-state index in [0.717, 1.165) is 18.4 Å². The third-order valence-electron chi connectivity index (χ3n) is 2.93. The van der Waals surface area contributed by atoms with E-state index < -0.39 is 12.0 Å². The third-order valence-corrected chi connectivity index (χ3v) is 2.93. The van der Waals surface area contributed by atoms with Gasteiger partial charge in [-0.3, -0.25) is 4.79 Å². The topological polar surface area (TPSA) is 63.3 Å². The molecule has 1 unspecified atom stereocenters. The fourth-order valence-electron chi connectivity index (χ4n) is 2.02. The molecular formula is C13H16ClNO2. The van der Waals surface area contributed by atoms with Crippen LogP contribution in [-0.2, 0) is 11.2 Å². The molecule has 0 bridgehead atoms. The third kappa shape index (κ3) is 3.32. The Hall–Kier alpha value is -1.32. The van der Waals surface area contributed by atoms with Gasteiger partial charge >= 0.3 is 5.97 Å². The zero-order valence-electron chi connectivity index (χ0n) is 9.43. The number of hydrogen-bond donors (Lipinski definition) is 2. The van der Waals surface area contributed by atoms with Crippen LogP contribution in [0.25, 0.3) is 6.08 Å². The quantitative estimate of drug-likeness (QED) is 0.868. The molecule has 17 heavy (non-hydrogen) atoms. The summed E-state index contributed by atoms with van der Waals surface area (Å²) in [6, 6.07) is 7.41. The van der Waals surface area contributed by atoms with Crippen molar-refractivity contribution in [2.45, 2.75) is 25.3 Å². The summed E-state index contributed by atoms with van der Waals surface area (Å²) >= 11 is 0. The van der Waals surface area contributed by atoms with Crippen LogP contribution in [0.5, 0.6) is 0 Å². The van der Waals surface area contributed by atoms with E-state index in [1.54, 1.807) is 0 Å². The van der Waals surface area contributed by atoms with Crippen molar-refractivity contribution < 1.29 is 9.90 Å². The van der Waals surface area contributed by atoms with Crippen LogP contribution in [0, 0.1) is 0 Å². The van der Waals surface area contributed by atoms with Crippen molar-refractivity contribution in [1.29, 1.82) is 0 Å². The Balaban J connectivity index is 0.00000144. The highest BCUT2D eigenvalue weighted by Gasteiger charge is 2.16. The molecule has 0 saturated heterocycles. The summed E-state index contributed by atoms with van der Waals surface area (Å²) in [5.41, 5.74) is 9.18. The summed E-state index contributed by atoms with van der Waals surface area (Å²) < 4.78 is 0. The maximum Gasteiger partial charge on any atom is 0.320 e. The predicted molar refractivity (Wildman–Crippen MR) is 70.2 cm³/mol. The molecule has 0 fully saturated rings. The van der Waals surface area contributed by atoms with Crippen LogP contribution in [0.2, 0.25) is 0 Å². The Bertz CT molecular complexity index is 443. The summed E-state index contributed by atoms with van der Waals surface area (Å²) in [4.78, 5) is 10.7. The van der Waals surface area contributed by atoms with Crippen molar-refractivity contribution >= 4 is 24.5 Å². The maximum absolute atomic E-state index is 10.7. The van der Waals surface area contributed by atoms with E-state index in [9.17, 15) is 4.79 Å². The molecule has 2 rings (SSSR count). The summed E-state index contributed by atoms with van der Waals surface area (Å²) in [7, 11) is 0. The molecule has 0 heterocycles. The Morgan fingerprint density at radius 2 is 2.06 bits per heavy atom. The smallest absolute Gasteiger partial charge is 0.320 e. The van der Waals surface area contributed by atoms with Crippen molar-refractivity contribution in [3.63, 3.8) is 0 Å². The summed E-state index contributed by atoms with van der Waals surface area (Å²) in [5, 5.41) is 8.76. The number of halogens is 1. The van der Waals surface area contributed by atoms with Gasteiger partial charge in [-0.05, 0) is 30.4 Å². The zero-order valence-corrected chi connectivity index (χ0v) is 10.2. The van der Waals surface area contributed by atoms with Gasteiger partial charge in [0.05, 0.1) is 0 Å². The lowest BCUT2D eigenvalue weighted by Gasteiger charge is -2.17. The number of carboxylic acids is 1. The molecule has 0 saturated carbocycles. The van der Waals surface area contributed by atoms with Crippen molar-refractivity contribution in [2.75, 3.05) is 0 Å². The highest BCUT2D eigenvalue weighted by atomic mass is 35.5. The fraction of sp³-hybridized carbons (Fsp3) is 0.308. The number of carboxylic acid groups (broad SMARTS) is 1. The zero-order chi connectivity index (χ0) is 11.5. The lowest BCUT2D eigenvalue weighted by molar-refractivity contribution is -0.138. The largest absolute Gasteiger partial charge is 0.480 e. The molecule has 1 aromatic carbocycles. The summed E-state index contributed by atoms with van der Waals surface area (Å²) in [6.07, 6.45) is 4.41. The average Bonchev–Trinajstić information content (AvgIpc) is 2.28. The number of benzene rings is 1. The highest BCUT2D eigenvalue weighted by Crippen LogP contribution is 2.25. The first-order chi connectivity index (χ1) is 7.66. The predicted octanol–water partition coefficient (Wildman–Crippen LogP) is 2.24. The molecule has 1 atom stereocenters. The monoisotopic (exact) mass is 253 g/mol. The lowest BCUT2D eigenvalue weighted by atomic mass is 9.89. The Labute approximate surface area is 107 Å². The van der Waals surface area contributed by atoms with Gasteiger partial charge in [0.25, 0.3) is 0 Å². The molecule has 0 radical (unpaired) electrons. The standard InChI is InChI=1S/C13H15NO2.ClH/c14-12(13(15)16)8-9-5-6-10-3-1-2-4-11(10)7-9;/h1-4,7,12H,5-6,8,14H2,(H,15,16);1H. The van der Waals surface area contributed by atoms with Gasteiger partial charge in [-0.1, -0.05) is 35.9 Å². The second kappa shape index (κ2) is 5.84. The van der Waals surface area contributed by atoms with Gasteiger partial charge in [0.15, 0.2) is 0 Å². The van der Waals surface area contributed by atoms with Crippen molar-refractivity contribution in [3.8, 4) is 0 Å². The molecule has 3 nitrogen and oxygen atoms in total. The molecule has 0 amide bonds. The van der Waals surface area contributed by atoms with Crippen molar-refractivity contribution in [2.24, 2.45) is 5.73 Å². The summed E-state index contributed by atoms with van der Waals surface area (Å²) in [6.45, 7) is 0. The summed E-state index contributed by atoms with van der Waals surface area (Å²) in [5.74, 6) is -0.931. The average molecular weight is 254 g/mol. The van der Waals surface area contributed by atoms with Crippen LogP contribution in [0.1, 0.15) is 24.0 Å². The Kier molecular flexibility index (Phi) is 4.73. The van der Waals surface area contributed by atoms with E-state index in [-0.39, 0.29) is 12.4 Å². The number of fused-ring (bicyclic) bond motifs is 1. The van der Waals surface area contributed by atoms with E-state index in [0.29, 0.717) is 6.42 Å². The van der Waals surface area contributed by atoms with Crippen molar-refractivity contribution in [3.05, 3.63) is 41.0 Å². The Morgan fingerprint density at radius 3 is 2.76 bits per heavy atom. The molecule has 0 aliphatic heterocycles. The maximum atomic E-state index is 10.7. The molecule has 92 valence electrons. The minimum absolute atomic E-state index is 0. The van der Waals surface area contributed by atoms with Crippen LogP contribution >= 0.6 is 12.4 Å². The molecule has 3 N–H and O–H groups in total. The van der Waals surface area contributed by atoms with E-state index in [2.05, 4.69) is 18.2 Å². The normalized spacial score (nSPS) is 15.2.